The van der Waals surface area contributed by atoms with Crippen LogP contribution in [0, 0.1) is 0 Å². The molecule has 0 saturated heterocycles. The fourth-order valence-corrected chi connectivity index (χ4v) is 8.24. The molecule has 0 aliphatic heterocycles. The molecule has 0 spiro atoms. The van der Waals surface area contributed by atoms with Gasteiger partial charge in [0.25, 0.3) is 0 Å². The first-order valence-corrected chi connectivity index (χ1v) is 18.0. The molecule has 0 fully saturated rings. The van der Waals surface area contributed by atoms with Crippen LogP contribution in [-0.4, -0.2) is 0 Å². The lowest BCUT2D eigenvalue weighted by atomic mass is 9.82. The number of rotatable bonds is 6. The van der Waals surface area contributed by atoms with Crippen molar-refractivity contribution in [2.45, 2.75) is 0 Å². The Bertz CT molecular complexity index is 2850. The normalized spacial score (nSPS) is 11.5. The van der Waals surface area contributed by atoms with E-state index in [9.17, 15) is 0 Å². The van der Waals surface area contributed by atoms with E-state index in [1.54, 1.807) is 0 Å². The van der Waals surface area contributed by atoms with Crippen molar-refractivity contribution in [3.8, 4) is 66.8 Å². The average Bonchev–Trinajstić information content (AvgIpc) is 3.23. The Morgan fingerprint density at radius 2 is 0.577 bits per heavy atom. The third kappa shape index (κ3) is 5.00. The summed E-state index contributed by atoms with van der Waals surface area (Å²) in [4.78, 5) is 0. The third-order valence-corrected chi connectivity index (χ3v) is 10.7. The van der Waals surface area contributed by atoms with E-state index < -0.39 is 0 Å². The van der Waals surface area contributed by atoms with Gasteiger partial charge in [-0.1, -0.05) is 200 Å². The van der Waals surface area contributed by atoms with Gasteiger partial charge in [-0.25, -0.2) is 0 Å². The van der Waals surface area contributed by atoms with E-state index in [4.69, 9.17) is 0 Å². The van der Waals surface area contributed by atoms with Crippen LogP contribution >= 0.6 is 0 Å². The van der Waals surface area contributed by atoms with Gasteiger partial charge in [0.15, 0.2) is 0 Å². The van der Waals surface area contributed by atoms with Crippen LogP contribution in [0.25, 0.3) is 99.1 Å². The minimum Gasteiger partial charge on any atom is -0.0622 e. The molecule has 0 unspecified atom stereocenters. The lowest BCUT2D eigenvalue weighted by Gasteiger charge is -2.21. The zero-order chi connectivity index (χ0) is 34.4. The van der Waals surface area contributed by atoms with Crippen LogP contribution in [0.4, 0.5) is 0 Å². The summed E-state index contributed by atoms with van der Waals surface area (Å²) < 4.78 is 0. The van der Waals surface area contributed by atoms with Crippen molar-refractivity contribution in [3.05, 3.63) is 206 Å². The van der Waals surface area contributed by atoms with Crippen LogP contribution in [0.1, 0.15) is 0 Å². The van der Waals surface area contributed by atoms with Gasteiger partial charge in [-0.15, -0.1) is 0 Å². The Kier molecular flexibility index (Phi) is 7.25. The number of hydrogen-bond acceptors (Lipinski definition) is 0. The molecule has 0 amide bonds. The van der Waals surface area contributed by atoms with Crippen molar-refractivity contribution in [1.82, 2.24) is 0 Å². The molecule has 0 aromatic heterocycles. The minimum absolute atomic E-state index is 1.21. The van der Waals surface area contributed by atoms with Crippen molar-refractivity contribution in [1.29, 1.82) is 0 Å². The van der Waals surface area contributed by atoms with E-state index >= 15 is 0 Å². The Hall–Kier alpha value is -6.76. The molecule has 0 saturated carbocycles. The van der Waals surface area contributed by atoms with Gasteiger partial charge < -0.3 is 0 Å². The largest absolute Gasteiger partial charge is 0.0622 e. The van der Waals surface area contributed by atoms with Crippen LogP contribution in [0.5, 0.6) is 0 Å². The molecule has 0 bridgehead atoms. The topological polar surface area (TPSA) is 0 Å². The maximum atomic E-state index is 2.44. The molecular formula is C52H34. The second kappa shape index (κ2) is 12.5. The summed E-state index contributed by atoms with van der Waals surface area (Å²) in [7, 11) is 0. The third-order valence-electron chi connectivity index (χ3n) is 10.7. The molecule has 10 aromatic rings. The van der Waals surface area contributed by atoms with Crippen LogP contribution in [0.2, 0.25) is 0 Å². The van der Waals surface area contributed by atoms with Gasteiger partial charge in [0.05, 0.1) is 0 Å². The minimum atomic E-state index is 1.21. The summed E-state index contributed by atoms with van der Waals surface area (Å²) >= 11 is 0. The summed E-state index contributed by atoms with van der Waals surface area (Å²) in [6, 6.07) is 75.5. The highest BCUT2D eigenvalue weighted by atomic mass is 14.2. The Morgan fingerprint density at radius 1 is 0.192 bits per heavy atom. The molecule has 0 nitrogen and oxygen atoms in total. The zero-order valence-corrected chi connectivity index (χ0v) is 28.6. The van der Waals surface area contributed by atoms with Crippen molar-refractivity contribution >= 4 is 32.3 Å². The maximum absolute atomic E-state index is 2.44. The van der Waals surface area contributed by atoms with E-state index in [2.05, 4.69) is 206 Å². The summed E-state index contributed by atoms with van der Waals surface area (Å²) in [5.41, 5.74) is 14.8. The quantitative estimate of drug-likeness (QED) is 0.156. The second-order valence-corrected chi connectivity index (χ2v) is 13.6. The Morgan fingerprint density at radius 3 is 1.17 bits per heavy atom. The van der Waals surface area contributed by atoms with Gasteiger partial charge in [-0.3, -0.25) is 0 Å². The van der Waals surface area contributed by atoms with E-state index in [1.165, 1.54) is 99.1 Å². The van der Waals surface area contributed by atoms with E-state index in [0.717, 1.165) is 0 Å². The van der Waals surface area contributed by atoms with Gasteiger partial charge in [-0.2, -0.15) is 0 Å². The van der Waals surface area contributed by atoms with Crippen LogP contribution in [0.3, 0.4) is 0 Å². The van der Waals surface area contributed by atoms with Crippen LogP contribution in [0.15, 0.2) is 206 Å². The van der Waals surface area contributed by atoms with Gasteiger partial charge in [-0.05, 0) is 105 Å². The smallest absolute Gasteiger partial charge is 0.00141 e. The van der Waals surface area contributed by atoms with Gasteiger partial charge >= 0.3 is 0 Å². The van der Waals surface area contributed by atoms with Gasteiger partial charge in [0, 0.05) is 0 Å². The first-order chi connectivity index (χ1) is 25.8. The summed E-state index contributed by atoms with van der Waals surface area (Å²) in [6.07, 6.45) is 0. The van der Waals surface area contributed by atoms with Crippen molar-refractivity contribution in [2.24, 2.45) is 0 Å². The highest BCUT2D eigenvalue weighted by Crippen LogP contribution is 2.48. The van der Waals surface area contributed by atoms with Crippen LogP contribution < -0.4 is 0 Å². The Balaban J connectivity index is 1.28. The molecule has 0 heterocycles. The van der Waals surface area contributed by atoms with E-state index in [-0.39, 0.29) is 0 Å². The number of benzene rings is 10. The zero-order valence-electron chi connectivity index (χ0n) is 28.6. The molecule has 10 aromatic carbocycles. The van der Waals surface area contributed by atoms with E-state index in [1.807, 2.05) is 0 Å². The lowest BCUT2D eigenvalue weighted by Crippen LogP contribution is -1.94. The SMILES string of the molecule is c1ccc(-c2ccc(-c3cc(-c4ccccc4-c4ccccc4)c4ccc5ccc(-c6ccccc6-c6ccccc6)c6ccc3c4c56)cc2)cc1. The molecule has 0 radical (unpaired) electrons. The van der Waals surface area contributed by atoms with Crippen molar-refractivity contribution < 1.29 is 0 Å². The van der Waals surface area contributed by atoms with E-state index in [0.29, 0.717) is 0 Å². The van der Waals surface area contributed by atoms with Crippen molar-refractivity contribution in [2.75, 3.05) is 0 Å². The monoisotopic (exact) mass is 658 g/mol. The summed E-state index contributed by atoms with van der Waals surface area (Å²) in [5, 5.41) is 7.71. The fourth-order valence-electron chi connectivity index (χ4n) is 8.24. The highest BCUT2D eigenvalue weighted by Gasteiger charge is 2.20. The second-order valence-electron chi connectivity index (χ2n) is 13.6. The highest BCUT2D eigenvalue weighted by molar-refractivity contribution is 6.30. The first kappa shape index (κ1) is 30.1. The molecule has 0 aliphatic carbocycles. The molecule has 0 atom stereocenters. The number of hydrogen-bond donors (Lipinski definition) is 0. The molecule has 10 rings (SSSR count). The average molecular weight is 659 g/mol. The van der Waals surface area contributed by atoms with Crippen LogP contribution in [-0.2, 0) is 0 Å². The first-order valence-electron chi connectivity index (χ1n) is 18.0. The predicted molar refractivity (Wildman–Crippen MR) is 223 cm³/mol. The predicted octanol–water partition coefficient (Wildman–Crippen LogP) is 14.6. The summed E-state index contributed by atoms with van der Waals surface area (Å²) in [5.74, 6) is 0. The molecule has 52 heavy (non-hydrogen) atoms. The molecule has 0 N–H and O–H groups in total. The molecular weight excluding hydrogens is 625 g/mol. The summed E-state index contributed by atoms with van der Waals surface area (Å²) in [6.45, 7) is 0. The van der Waals surface area contributed by atoms with Crippen molar-refractivity contribution in [3.63, 3.8) is 0 Å². The standard InChI is InChI=1S/C52H34/c1-4-14-35(15-5-1)36-24-26-39(27-25-36)49-34-50(44-23-13-11-21-42(44)38-18-8-3-9-19-38)48-31-29-40-28-30-45(46-32-33-47(49)52(48)51(40)46)43-22-12-10-20-41(43)37-16-6-2-7-17-37/h1-34H. The molecule has 0 aliphatic rings. The maximum Gasteiger partial charge on any atom is -0.00141 e. The molecule has 242 valence electrons. The molecule has 0 heteroatoms. The van der Waals surface area contributed by atoms with Gasteiger partial charge in [0.2, 0.25) is 0 Å². The lowest BCUT2D eigenvalue weighted by molar-refractivity contribution is 1.59. The fraction of sp³-hybridized carbons (Fsp3) is 0. The van der Waals surface area contributed by atoms with Gasteiger partial charge in [0.1, 0.15) is 0 Å². The Labute approximate surface area is 304 Å².